The van der Waals surface area contributed by atoms with Crippen LogP contribution < -0.4 is 9.62 Å². The Hall–Kier alpha value is -3.63. The van der Waals surface area contributed by atoms with Gasteiger partial charge >= 0.3 is 0 Å². The summed E-state index contributed by atoms with van der Waals surface area (Å²) < 4.78 is 39.8. The molecule has 0 saturated heterocycles. The molecule has 4 aromatic rings. The average molecular weight is 483 g/mol. The van der Waals surface area contributed by atoms with Gasteiger partial charge in [-0.3, -0.25) is 14.4 Å². The molecule has 0 radical (unpaired) electrons. The van der Waals surface area contributed by atoms with Gasteiger partial charge in [0.2, 0.25) is 15.2 Å². The van der Waals surface area contributed by atoms with Crippen molar-refractivity contribution >= 4 is 38.1 Å². The van der Waals surface area contributed by atoms with Crippen LogP contribution in [-0.4, -0.2) is 30.8 Å². The first-order chi connectivity index (χ1) is 15.8. The van der Waals surface area contributed by atoms with Crippen molar-refractivity contribution in [3.63, 3.8) is 0 Å². The second-order valence-electron chi connectivity index (χ2n) is 7.14. The number of aromatic nitrogens is 2. The normalized spacial score (nSPS) is 11.2. The highest BCUT2D eigenvalue weighted by Crippen LogP contribution is 2.27. The summed E-state index contributed by atoms with van der Waals surface area (Å²) in [5.41, 5.74) is 1.78. The van der Waals surface area contributed by atoms with Gasteiger partial charge in [-0.1, -0.05) is 59.9 Å². The first-order valence-corrected chi connectivity index (χ1v) is 12.5. The first-order valence-electron chi connectivity index (χ1n) is 9.83. The number of nitrogens with one attached hydrogen (secondary N) is 1. The second-order valence-corrected chi connectivity index (χ2v) is 10.0. The monoisotopic (exact) mass is 482 g/mol. The van der Waals surface area contributed by atoms with Gasteiger partial charge in [0.15, 0.2) is 0 Å². The molecule has 0 bridgehead atoms. The standard InChI is InChI=1S/C23H19FN4O3S2/c1-33(30,31)28(15-18-9-5-6-10-20(18)24)19-13-11-16(12-14-19)21(29)25-23-27-26-22(32-23)17-7-3-2-4-8-17/h2-14H,15H2,1H3,(H,25,27,29). The van der Waals surface area contributed by atoms with Crippen LogP contribution in [0.2, 0.25) is 0 Å². The number of benzene rings is 3. The zero-order valence-corrected chi connectivity index (χ0v) is 19.1. The molecular weight excluding hydrogens is 463 g/mol. The predicted octanol–water partition coefficient (Wildman–Crippen LogP) is 4.56. The van der Waals surface area contributed by atoms with E-state index in [1.54, 1.807) is 6.07 Å². The Morgan fingerprint density at radius 2 is 1.64 bits per heavy atom. The maximum atomic E-state index is 14.1. The SMILES string of the molecule is CS(=O)(=O)N(Cc1ccccc1F)c1ccc(C(=O)Nc2nnc(-c3ccccc3)s2)cc1. The van der Waals surface area contributed by atoms with E-state index in [9.17, 15) is 17.6 Å². The molecule has 0 aliphatic carbocycles. The Balaban J connectivity index is 1.50. The second kappa shape index (κ2) is 9.47. The zero-order chi connectivity index (χ0) is 23.4. The van der Waals surface area contributed by atoms with Gasteiger partial charge in [0, 0.05) is 16.7 Å². The number of hydrogen-bond donors (Lipinski definition) is 1. The molecule has 1 heterocycles. The van der Waals surface area contributed by atoms with E-state index in [0.717, 1.165) is 16.1 Å². The summed E-state index contributed by atoms with van der Waals surface area (Å²) >= 11 is 1.25. The van der Waals surface area contributed by atoms with Crippen molar-refractivity contribution in [2.75, 3.05) is 15.9 Å². The summed E-state index contributed by atoms with van der Waals surface area (Å²) in [6, 6.07) is 21.5. The molecule has 0 spiro atoms. The van der Waals surface area contributed by atoms with Crippen molar-refractivity contribution in [3.8, 4) is 10.6 Å². The Morgan fingerprint density at radius 3 is 2.30 bits per heavy atom. The average Bonchev–Trinajstić information content (AvgIpc) is 3.27. The van der Waals surface area contributed by atoms with E-state index in [1.165, 1.54) is 53.8 Å². The molecule has 0 atom stereocenters. The lowest BCUT2D eigenvalue weighted by Gasteiger charge is -2.23. The number of carbonyl (C=O) groups is 1. The number of anilines is 2. The third kappa shape index (κ3) is 5.41. The van der Waals surface area contributed by atoms with Crippen LogP contribution >= 0.6 is 11.3 Å². The van der Waals surface area contributed by atoms with Crippen LogP contribution in [0.5, 0.6) is 0 Å². The van der Waals surface area contributed by atoms with E-state index in [1.807, 2.05) is 30.3 Å². The molecule has 1 aromatic heterocycles. The number of carbonyl (C=O) groups excluding carboxylic acids is 1. The molecule has 7 nitrogen and oxygen atoms in total. The van der Waals surface area contributed by atoms with Crippen molar-refractivity contribution in [2.24, 2.45) is 0 Å². The number of halogens is 1. The Labute approximate surface area is 194 Å². The Bertz CT molecular complexity index is 1370. The summed E-state index contributed by atoms with van der Waals surface area (Å²) in [4.78, 5) is 12.6. The van der Waals surface area contributed by atoms with Crippen LogP contribution in [-0.2, 0) is 16.6 Å². The quantitative estimate of drug-likeness (QED) is 0.417. The molecule has 10 heteroatoms. The molecule has 1 N–H and O–H groups in total. The molecule has 0 saturated carbocycles. The summed E-state index contributed by atoms with van der Waals surface area (Å²) in [7, 11) is -3.69. The maximum absolute atomic E-state index is 14.1. The summed E-state index contributed by atoms with van der Waals surface area (Å²) in [6.07, 6.45) is 1.05. The molecule has 4 rings (SSSR count). The van der Waals surface area contributed by atoms with Crippen LogP contribution in [0.1, 0.15) is 15.9 Å². The van der Waals surface area contributed by atoms with Gasteiger partial charge in [-0.2, -0.15) is 0 Å². The first kappa shape index (κ1) is 22.6. The number of nitrogens with zero attached hydrogens (tertiary/aromatic N) is 3. The van der Waals surface area contributed by atoms with E-state index in [-0.39, 0.29) is 12.1 Å². The molecule has 0 unspecified atom stereocenters. The molecular formula is C23H19FN4O3S2. The topological polar surface area (TPSA) is 92.3 Å². The van der Waals surface area contributed by atoms with E-state index in [4.69, 9.17) is 0 Å². The Morgan fingerprint density at radius 1 is 0.970 bits per heavy atom. The summed E-state index contributed by atoms with van der Waals surface area (Å²) in [5, 5.41) is 11.8. The van der Waals surface area contributed by atoms with Crippen molar-refractivity contribution in [3.05, 3.63) is 95.8 Å². The van der Waals surface area contributed by atoms with Crippen molar-refractivity contribution in [2.45, 2.75) is 6.54 Å². The Kier molecular flexibility index (Phi) is 6.47. The fraction of sp³-hybridized carbons (Fsp3) is 0.0870. The van der Waals surface area contributed by atoms with E-state index < -0.39 is 21.7 Å². The number of amides is 1. The highest BCUT2D eigenvalue weighted by molar-refractivity contribution is 7.92. The van der Waals surface area contributed by atoms with Gasteiger partial charge in [-0.25, -0.2) is 12.8 Å². The van der Waals surface area contributed by atoms with Crippen molar-refractivity contribution in [1.29, 1.82) is 0 Å². The van der Waals surface area contributed by atoms with Crippen LogP contribution in [0.3, 0.4) is 0 Å². The van der Waals surface area contributed by atoms with Crippen LogP contribution in [0, 0.1) is 5.82 Å². The van der Waals surface area contributed by atoms with Crippen LogP contribution in [0.4, 0.5) is 15.2 Å². The highest BCUT2D eigenvalue weighted by atomic mass is 32.2. The minimum atomic E-state index is -3.69. The molecule has 3 aromatic carbocycles. The van der Waals surface area contributed by atoms with Crippen molar-refractivity contribution < 1.29 is 17.6 Å². The predicted molar refractivity (Wildman–Crippen MR) is 127 cm³/mol. The fourth-order valence-corrected chi connectivity index (χ4v) is 4.72. The number of sulfonamides is 1. The number of hydrogen-bond acceptors (Lipinski definition) is 6. The van der Waals surface area contributed by atoms with Gasteiger partial charge < -0.3 is 0 Å². The third-order valence-electron chi connectivity index (χ3n) is 4.76. The largest absolute Gasteiger partial charge is 0.296 e. The van der Waals surface area contributed by atoms with Gasteiger partial charge in [0.25, 0.3) is 5.91 Å². The van der Waals surface area contributed by atoms with E-state index in [0.29, 0.717) is 21.4 Å². The lowest BCUT2D eigenvalue weighted by Crippen LogP contribution is -2.29. The molecule has 33 heavy (non-hydrogen) atoms. The fourth-order valence-electron chi connectivity index (χ4n) is 3.10. The molecule has 0 aliphatic rings. The van der Waals surface area contributed by atoms with E-state index >= 15 is 0 Å². The minimum absolute atomic E-state index is 0.163. The van der Waals surface area contributed by atoms with Gasteiger partial charge in [0.05, 0.1) is 18.5 Å². The maximum Gasteiger partial charge on any atom is 0.257 e. The third-order valence-corrected chi connectivity index (χ3v) is 6.78. The molecule has 0 fully saturated rings. The van der Waals surface area contributed by atoms with Gasteiger partial charge in [0.1, 0.15) is 10.8 Å². The van der Waals surface area contributed by atoms with Crippen LogP contribution in [0.15, 0.2) is 78.9 Å². The van der Waals surface area contributed by atoms with E-state index in [2.05, 4.69) is 15.5 Å². The zero-order valence-electron chi connectivity index (χ0n) is 17.5. The van der Waals surface area contributed by atoms with Gasteiger partial charge in [-0.15, -0.1) is 10.2 Å². The highest BCUT2D eigenvalue weighted by Gasteiger charge is 2.20. The van der Waals surface area contributed by atoms with Crippen LogP contribution in [0.25, 0.3) is 10.6 Å². The minimum Gasteiger partial charge on any atom is -0.296 e. The number of rotatable bonds is 7. The van der Waals surface area contributed by atoms with Crippen molar-refractivity contribution in [1.82, 2.24) is 10.2 Å². The lowest BCUT2D eigenvalue weighted by atomic mass is 10.1. The summed E-state index contributed by atoms with van der Waals surface area (Å²) in [5.74, 6) is -0.897. The molecule has 0 aliphatic heterocycles. The molecule has 168 valence electrons. The van der Waals surface area contributed by atoms with Gasteiger partial charge in [-0.05, 0) is 30.3 Å². The smallest absolute Gasteiger partial charge is 0.257 e. The summed E-state index contributed by atoms with van der Waals surface area (Å²) in [6.45, 7) is -0.163. The molecule has 1 amide bonds. The lowest BCUT2D eigenvalue weighted by molar-refractivity contribution is 0.102.